The molecule has 1 fully saturated rings. The molecule has 4 nitrogen and oxygen atoms in total. The van der Waals surface area contributed by atoms with Crippen molar-refractivity contribution in [1.29, 1.82) is 0 Å². The number of hydrogen-bond donors (Lipinski definition) is 2. The number of piperidine rings is 1. The summed E-state index contributed by atoms with van der Waals surface area (Å²) in [5.74, 6) is 0. The summed E-state index contributed by atoms with van der Waals surface area (Å²) in [6.07, 6.45) is 4.60. The predicted octanol–water partition coefficient (Wildman–Crippen LogP) is 0.0476. The van der Waals surface area contributed by atoms with Crippen molar-refractivity contribution in [3.05, 3.63) is 24.3 Å². The lowest BCUT2D eigenvalue weighted by Crippen LogP contribution is -2.40. The van der Waals surface area contributed by atoms with Crippen LogP contribution in [0.3, 0.4) is 0 Å². The van der Waals surface area contributed by atoms with Crippen molar-refractivity contribution in [3.8, 4) is 0 Å². The van der Waals surface area contributed by atoms with Gasteiger partial charge in [-0.3, -0.25) is 0 Å². The Morgan fingerprint density at radius 1 is 1.38 bits per heavy atom. The normalized spacial score (nSPS) is 21.3. The molecule has 4 heteroatoms. The van der Waals surface area contributed by atoms with Crippen molar-refractivity contribution < 1.29 is 5.11 Å². The Labute approximate surface area is 77.0 Å². The summed E-state index contributed by atoms with van der Waals surface area (Å²) < 4.78 is 0. The topological polar surface area (TPSA) is 58.0 Å². The Kier molecular flexibility index (Phi) is 2.24. The molecule has 2 rings (SSSR count). The number of aromatic nitrogens is 2. The van der Waals surface area contributed by atoms with Crippen molar-refractivity contribution in [3.63, 3.8) is 0 Å². The minimum atomic E-state index is -0.742. The Hall–Kier alpha value is -1.00. The Balaban J connectivity index is 2.23. The Morgan fingerprint density at radius 2 is 2.15 bits per heavy atom. The molecule has 0 radical (unpaired) electrons. The van der Waals surface area contributed by atoms with Gasteiger partial charge in [-0.15, -0.1) is 0 Å². The van der Waals surface area contributed by atoms with E-state index in [2.05, 4.69) is 15.3 Å². The van der Waals surface area contributed by atoms with Gasteiger partial charge in [-0.1, -0.05) is 0 Å². The van der Waals surface area contributed by atoms with E-state index in [0.29, 0.717) is 0 Å². The van der Waals surface area contributed by atoms with Gasteiger partial charge in [-0.25, -0.2) is 9.97 Å². The van der Waals surface area contributed by atoms with Gasteiger partial charge in [0.25, 0.3) is 0 Å². The van der Waals surface area contributed by atoms with E-state index in [1.165, 1.54) is 6.33 Å². The van der Waals surface area contributed by atoms with Crippen LogP contribution >= 0.6 is 0 Å². The monoisotopic (exact) mass is 179 g/mol. The van der Waals surface area contributed by atoms with Gasteiger partial charge in [0.15, 0.2) is 0 Å². The molecule has 0 amide bonds. The second-order valence-corrected chi connectivity index (χ2v) is 3.38. The predicted molar refractivity (Wildman–Crippen MR) is 48.0 cm³/mol. The average Bonchev–Trinajstić information content (AvgIpc) is 2.20. The van der Waals surface area contributed by atoms with Crippen LogP contribution in [-0.4, -0.2) is 28.2 Å². The highest BCUT2D eigenvalue weighted by atomic mass is 16.3. The lowest BCUT2D eigenvalue weighted by atomic mass is 9.89. The van der Waals surface area contributed by atoms with Gasteiger partial charge in [0.1, 0.15) is 11.9 Å². The van der Waals surface area contributed by atoms with Crippen molar-refractivity contribution in [2.75, 3.05) is 13.1 Å². The van der Waals surface area contributed by atoms with Gasteiger partial charge in [0.2, 0.25) is 0 Å². The molecular weight excluding hydrogens is 166 g/mol. The van der Waals surface area contributed by atoms with Crippen molar-refractivity contribution in [2.45, 2.75) is 18.4 Å². The molecule has 2 heterocycles. The largest absolute Gasteiger partial charge is 0.383 e. The number of aliphatic hydroxyl groups is 1. The smallest absolute Gasteiger partial charge is 0.115 e. The van der Waals surface area contributed by atoms with Gasteiger partial charge in [0.05, 0.1) is 5.69 Å². The molecule has 0 bridgehead atoms. The molecule has 0 aliphatic carbocycles. The zero-order chi connectivity index (χ0) is 9.15. The molecule has 1 saturated heterocycles. The highest BCUT2D eigenvalue weighted by Gasteiger charge is 2.32. The maximum absolute atomic E-state index is 10.2. The standard InChI is InChI=1S/C9H13N3O/c13-9(2-5-10-6-3-9)8-1-4-11-7-12-8/h1,4,7,10,13H,2-3,5-6H2. The van der Waals surface area contributed by atoms with Gasteiger partial charge in [-0.2, -0.15) is 0 Å². The van der Waals surface area contributed by atoms with Crippen LogP contribution in [0.25, 0.3) is 0 Å². The number of nitrogens with zero attached hydrogens (tertiary/aromatic N) is 2. The fourth-order valence-electron chi connectivity index (χ4n) is 1.66. The van der Waals surface area contributed by atoms with Gasteiger partial charge >= 0.3 is 0 Å². The van der Waals surface area contributed by atoms with E-state index in [0.717, 1.165) is 31.6 Å². The molecule has 0 unspecified atom stereocenters. The van der Waals surface area contributed by atoms with Crippen LogP contribution in [0.1, 0.15) is 18.5 Å². The SMILES string of the molecule is OC1(c2ccncn2)CCNCC1. The fraction of sp³-hybridized carbons (Fsp3) is 0.556. The van der Waals surface area contributed by atoms with Gasteiger partial charge in [-0.05, 0) is 32.0 Å². The van der Waals surface area contributed by atoms with Crippen LogP contribution in [0.5, 0.6) is 0 Å². The summed E-state index contributed by atoms with van der Waals surface area (Å²) in [4.78, 5) is 7.92. The van der Waals surface area contributed by atoms with Crippen molar-refractivity contribution in [2.24, 2.45) is 0 Å². The van der Waals surface area contributed by atoms with Crippen LogP contribution < -0.4 is 5.32 Å². The van der Waals surface area contributed by atoms with Crippen LogP contribution in [-0.2, 0) is 5.60 Å². The highest BCUT2D eigenvalue weighted by molar-refractivity contribution is 5.11. The van der Waals surface area contributed by atoms with Crippen LogP contribution in [0.15, 0.2) is 18.6 Å². The highest BCUT2D eigenvalue weighted by Crippen LogP contribution is 2.27. The number of nitrogens with one attached hydrogen (secondary N) is 1. The maximum Gasteiger partial charge on any atom is 0.115 e. The van der Waals surface area contributed by atoms with E-state index in [1.807, 2.05) is 0 Å². The second-order valence-electron chi connectivity index (χ2n) is 3.38. The quantitative estimate of drug-likeness (QED) is 0.639. The van der Waals surface area contributed by atoms with Gasteiger partial charge in [0, 0.05) is 6.20 Å². The third-order valence-electron chi connectivity index (χ3n) is 2.49. The summed E-state index contributed by atoms with van der Waals surface area (Å²) >= 11 is 0. The first kappa shape index (κ1) is 8.59. The first-order valence-corrected chi connectivity index (χ1v) is 4.51. The molecule has 0 saturated carbocycles. The lowest BCUT2D eigenvalue weighted by molar-refractivity contribution is 0.00174. The van der Waals surface area contributed by atoms with E-state index < -0.39 is 5.60 Å². The zero-order valence-electron chi connectivity index (χ0n) is 7.40. The summed E-state index contributed by atoms with van der Waals surface area (Å²) in [5, 5.41) is 13.4. The lowest BCUT2D eigenvalue weighted by Gasteiger charge is -2.31. The molecule has 0 atom stereocenters. The number of rotatable bonds is 1. The second kappa shape index (κ2) is 3.40. The number of hydrogen-bond acceptors (Lipinski definition) is 4. The molecule has 1 aromatic rings. The van der Waals surface area contributed by atoms with E-state index in [9.17, 15) is 5.11 Å². The van der Waals surface area contributed by atoms with Crippen LogP contribution in [0.2, 0.25) is 0 Å². The summed E-state index contributed by atoms with van der Waals surface area (Å²) in [5.41, 5.74) is -0.00206. The molecule has 0 aromatic carbocycles. The first-order chi connectivity index (χ1) is 6.31. The van der Waals surface area contributed by atoms with Crippen molar-refractivity contribution in [1.82, 2.24) is 15.3 Å². The zero-order valence-corrected chi connectivity index (χ0v) is 7.40. The van der Waals surface area contributed by atoms with E-state index >= 15 is 0 Å². The third-order valence-corrected chi connectivity index (χ3v) is 2.49. The molecule has 2 N–H and O–H groups in total. The summed E-state index contributed by atoms with van der Waals surface area (Å²) in [6.45, 7) is 1.70. The third kappa shape index (κ3) is 1.68. The molecular formula is C9H13N3O. The molecule has 1 aliphatic rings. The average molecular weight is 179 g/mol. The van der Waals surface area contributed by atoms with E-state index in [1.54, 1.807) is 12.3 Å². The van der Waals surface area contributed by atoms with E-state index in [-0.39, 0.29) is 0 Å². The minimum Gasteiger partial charge on any atom is -0.383 e. The van der Waals surface area contributed by atoms with Crippen molar-refractivity contribution >= 4 is 0 Å². The molecule has 1 aliphatic heterocycles. The van der Waals surface area contributed by atoms with Crippen LogP contribution in [0, 0.1) is 0 Å². The summed E-state index contributed by atoms with van der Waals surface area (Å²) in [7, 11) is 0. The minimum absolute atomic E-state index is 0.726. The maximum atomic E-state index is 10.2. The molecule has 70 valence electrons. The molecule has 13 heavy (non-hydrogen) atoms. The van der Waals surface area contributed by atoms with Gasteiger partial charge < -0.3 is 10.4 Å². The van der Waals surface area contributed by atoms with E-state index in [4.69, 9.17) is 0 Å². The molecule has 1 aromatic heterocycles. The Morgan fingerprint density at radius 3 is 2.77 bits per heavy atom. The molecule has 0 spiro atoms. The summed E-state index contributed by atoms with van der Waals surface area (Å²) in [6, 6.07) is 1.78. The fourth-order valence-corrected chi connectivity index (χ4v) is 1.66. The first-order valence-electron chi connectivity index (χ1n) is 4.51. The van der Waals surface area contributed by atoms with Crippen LogP contribution in [0.4, 0.5) is 0 Å². The Bertz CT molecular complexity index is 269.